The average Bonchev–Trinajstić information content (AvgIpc) is 2.22. The van der Waals surface area contributed by atoms with Crippen LogP contribution in [-0.4, -0.2) is 15.8 Å². The maximum Gasteiger partial charge on any atom is 0.303 e. The largest absolute Gasteiger partial charge is 0.481 e. The van der Waals surface area contributed by atoms with Crippen LogP contribution in [0.25, 0.3) is 0 Å². The van der Waals surface area contributed by atoms with Crippen LogP contribution in [-0.2, 0) is 4.79 Å². The first-order valence-corrected chi connectivity index (χ1v) is 8.07. The second-order valence-electron chi connectivity index (χ2n) is 7.02. The van der Waals surface area contributed by atoms with E-state index >= 15 is 0 Å². The molecule has 1 unspecified atom stereocenters. The predicted octanol–water partition coefficient (Wildman–Crippen LogP) is 5.32. The van der Waals surface area contributed by atoms with Gasteiger partial charge in [-0.1, -0.05) is 53.4 Å². The normalized spacial score (nSPS) is 15.2. The Kier molecular flexibility index (Phi) is 8.80. The zero-order valence-corrected chi connectivity index (χ0v) is 14.1. The van der Waals surface area contributed by atoms with E-state index in [4.69, 9.17) is 17.7 Å². The minimum absolute atomic E-state index is 0.0753. The molecule has 0 aliphatic heterocycles. The van der Waals surface area contributed by atoms with Gasteiger partial charge in [0.1, 0.15) is 0 Å². The average molecular weight is 288 g/mol. The molecule has 2 nitrogen and oxygen atoms in total. The first-order chi connectivity index (χ1) is 8.68. The first-order valence-electron chi connectivity index (χ1n) is 7.63. The van der Waals surface area contributed by atoms with Gasteiger partial charge in [-0.15, -0.1) is 0 Å². The van der Waals surface area contributed by atoms with Gasteiger partial charge in [-0.2, -0.15) is 12.6 Å². The smallest absolute Gasteiger partial charge is 0.303 e. The lowest BCUT2D eigenvalue weighted by atomic mass is 9.79. The van der Waals surface area contributed by atoms with Crippen molar-refractivity contribution in [3.8, 4) is 0 Å². The molecule has 0 bridgehead atoms. The molecule has 0 spiro atoms. The number of carbonyl (C=O) groups is 1. The van der Waals surface area contributed by atoms with E-state index in [1.807, 2.05) is 0 Å². The highest BCUT2D eigenvalue weighted by Gasteiger charge is 2.30. The number of thiol groups is 1. The molecule has 0 rings (SSSR count). The van der Waals surface area contributed by atoms with Gasteiger partial charge < -0.3 is 5.11 Å². The third-order valence-electron chi connectivity index (χ3n) is 3.39. The van der Waals surface area contributed by atoms with Crippen LogP contribution in [0.2, 0.25) is 0 Å². The molecule has 0 heterocycles. The Hall–Kier alpha value is -0.180. The fourth-order valence-corrected chi connectivity index (χ4v) is 3.51. The summed E-state index contributed by atoms with van der Waals surface area (Å²) in [7, 11) is 0. The van der Waals surface area contributed by atoms with Crippen LogP contribution in [0.3, 0.4) is 0 Å². The monoisotopic (exact) mass is 288 g/mol. The molecule has 114 valence electrons. The van der Waals surface area contributed by atoms with E-state index in [2.05, 4.69) is 27.7 Å². The van der Waals surface area contributed by atoms with Crippen LogP contribution >= 0.6 is 12.6 Å². The number of carboxylic acid groups (broad SMARTS) is 1. The van der Waals surface area contributed by atoms with Gasteiger partial charge in [-0.3, -0.25) is 4.79 Å². The van der Waals surface area contributed by atoms with Gasteiger partial charge in [0.25, 0.3) is 0 Å². The molecule has 0 aliphatic carbocycles. The second-order valence-corrected chi connectivity index (χ2v) is 7.97. The van der Waals surface area contributed by atoms with Gasteiger partial charge in [0.2, 0.25) is 0 Å². The van der Waals surface area contributed by atoms with E-state index in [9.17, 15) is 4.79 Å². The summed E-state index contributed by atoms with van der Waals surface area (Å²) in [5, 5.41) is 8.68. The Bertz CT molecular complexity index is 258. The van der Waals surface area contributed by atoms with Gasteiger partial charge in [0.05, 0.1) is 0 Å². The van der Waals surface area contributed by atoms with Gasteiger partial charge in [-0.05, 0) is 31.1 Å². The summed E-state index contributed by atoms with van der Waals surface area (Å²) in [5.41, 5.74) is 0.279. The lowest BCUT2D eigenvalue weighted by molar-refractivity contribution is -0.137. The molecule has 0 saturated heterocycles. The summed E-state index contributed by atoms with van der Waals surface area (Å²) in [6, 6.07) is 0. The number of carboxylic acids is 1. The summed E-state index contributed by atoms with van der Waals surface area (Å²) in [5.74, 6) is -0.688. The number of unbranched alkanes of at least 4 members (excludes halogenated alkanes) is 3. The van der Waals surface area contributed by atoms with Crippen molar-refractivity contribution in [2.45, 2.75) is 90.2 Å². The third kappa shape index (κ3) is 11.4. The van der Waals surface area contributed by atoms with Gasteiger partial charge >= 0.3 is 5.97 Å². The predicted molar refractivity (Wildman–Crippen MR) is 86.0 cm³/mol. The van der Waals surface area contributed by atoms with Gasteiger partial charge in [0, 0.05) is 11.2 Å². The van der Waals surface area contributed by atoms with Crippen molar-refractivity contribution in [1.29, 1.82) is 0 Å². The Balaban J connectivity index is 4.27. The SMILES string of the molecule is CCCCCC(S)(CCCCC(=O)O)CC(C)(C)C. The quantitative estimate of drug-likeness (QED) is 0.422. The summed E-state index contributed by atoms with van der Waals surface area (Å²) in [6.45, 7) is 9.00. The maximum atomic E-state index is 10.5. The van der Waals surface area contributed by atoms with E-state index in [-0.39, 0.29) is 16.6 Å². The fraction of sp³-hybridized carbons (Fsp3) is 0.938. The van der Waals surface area contributed by atoms with Crippen LogP contribution in [0.1, 0.15) is 85.5 Å². The molecule has 3 heteroatoms. The minimum Gasteiger partial charge on any atom is -0.481 e. The zero-order valence-electron chi connectivity index (χ0n) is 13.2. The number of aliphatic carboxylic acids is 1. The van der Waals surface area contributed by atoms with Crippen molar-refractivity contribution in [2.75, 3.05) is 0 Å². The zero-order chi connectivity index (χ0) is 14.9. The summed E-state index contributed by atoms with van der Waals surface area (Å²) in [6.07, 6.45) is 9.04. The third-order valence-corrected chi connectivity index (χ3v) is 3.99. The maximum absolute atomic E-state index is 10.5. The Morgan fingerprint density at radius 1 is 1.05 bits per heavy atom. The van der Waals surface area contributed by atoms with Crippen molar-refractivity contribution < 1.29 is 9.90 Å². The molecule has 0 saturated carbocycles. The molecule has 19 heavy (non-hydrogen) atoms. The minimum atomic E-state index is -0.688. The fourth-order valence-electron chi connectivity index (χ4n) is 2.72. The van der Waals surface area contributed by atoms with Crippen molar-refractivity contribution >= 4 is 18.6 Å². The van der Waals surface area contributed by atoms with Crippen molar-refractivity contribution in [3.63, 3.8) is 0 Å². The molecule has 0 aliphatic rings. The van der Waals surface area contributed by atoms with E-state index in [1.54, 1.807) is 0 Å². The van der Waals surface area contributed by atoms with E-state index in [0.717, 1.165) is 32.1 Å². The number of hydrogen-bond acceptors (Lipinski definition) is 2. The van der Waals surface area contributed by atoms with Crippen molar-refractivity contribution in [2.24, 2.45) is 5.41 Å². The Morgan fingerprint density at radius 2 is 1.58 bits per heavy atom. The molecule has 1 N–H and O–H groups in total. The molecule has 1 atom stereocenters. The van der Waals surface area contributed by atoms with E-state index < -0.39 is 5.97 Å². The van der Waals surface area contributed by atoms with Crippen LogP contribution in [0.5, 0.6) is 0 Å². The van der Waals surface area contributed by atoms with Gasteiger partial charge in [-0.25, -0.2) is 0 Å². The topological polar surface area (TPSA) is 37.3 Å². The van der Waals surface area contributed by atoms with E-state index in [0.29, 0.717) is 0 Å². The number of hydrogen-bond donors (Lipinski definition) is 2. The molecular weight excluding hydrogens is 256 g/mol. The standard InChI is InChI=1S/C16H32O2S/c1-5-6-8-11-16(19,13-15(2,3)4)12-9-7-10-14(17)18/h19H,5-13H2,1-4H3,(H,17,18). The highest BCUT2D eigenvalue weighted by Crippen LogP contribution is 2.39. The Labute approximate surface area is 124 Å². The van der Waals surface area contributed by atoms with Crippen LogP contribution in [0.4, 0.5) is 0 Å². The molecule has 0 aromatic carbocycles. The van der Waals surface area contributed by atoms with Crippen molar-refractivity contribution in [1.82, 2.24) is 0 Å². The summed E-state index contributed by atoms with van der Waals surface area (Å²) < 4.78 is 0.0753. The summed E-state index contributed by atoms with van der Waals surface area (Å²) >= 11 is 4.96. The Morgan fingerprint density at radius 3 is 2.00 bits per heavy atom. The van der Waals surface area contributed by atoms with Crippen molar-refractivity contribution in [3.05, 3.63) is 0 Å². The number of rotatable bonds is 10. The molecule has 0 aromatic heterocycles. The lowest BCUT2D eigenvalue weighted by Crippen LogP contribution is -2.28. The molecule has 0 fully saturated rings. The molecule has 0 aromatic rings. The molecule has 0 amide bonds. The summed E-state index contributed by atoms with van der Waals surface area (Å²) in [4.78, 5) is 10.5. The molecular formula is C16H32O2S. The highest BCUT2D eigenvalue weighted by molar-refractivity contribution is 7.81. The van der Waals surface area contributed by atoms with Crippen LogP contribution in [0.15, 0.2) is 0 Å². The first kappa shape index (κ1) is 18.8. The van der Waals surface area contributed by atoms with Crippen LogP contribution < -0.4 is 0 Å². The lowest BCUT2D eigenvalue weighted by Gasteiger charge is -2.35. The van der Waals surface area contributed by atoms with Gasteiger partial charge in [0.15, 0.2) is 0 Å². The molecule has 0 radical (unpaired) electrons. The van der Waals surface area contributed by atoms with Crippen LogP contribution in [0, 0.1) is 5.41 Å². The second kappa shape index (κ2) is 8.89. The van der Waals surface area contributed by atoms with E-state index in [1.165, 1.54) is 19.3 Å². The highest BCUT2D eigenvalue weighted by atomic mass is 32.1.